The van der Waals surface area contributed by atoms with E-state index in [9.17, 15) is 22.8 Å². The van der Waals surface area contributed by atoms with Crippen LogP contribution in [0.25, 0.3) is 0 Å². The van der Waals surface area contributed by atoms with Gasteiger partial charge in [-0.3, -0.25) is 14.4 Å². The van der Waals surface area contributed by atoms with E-state index in [1.165, 1.54) is 30.1 Å². The highest BCUT2D eigenvalue weighted by atomic mass is 32.2. The number of sulfone groups is 1. The third-order valence-electron chi connectivity index (χ3n) is 8.23. The van der Waals surface area contributed by atoms with Gasteiger partial charge in [-0.2, -0.15) is 0 Å². The summed E-state index contributed by atoms with van der Waals surface area (Å²) in [6.07, 6.45) is 9.04. The summed E-state index contributed by atoms with van der Waals surface area (Å²) in [5.41, 5.74) is -0.987. The zero-order valence-electron chi connectivity index (χ0n) is 18.9. The van der Waals surface area contributed by atoms with Crippen molar-refractivity contribution in [3.05, 3.63) is 0 Å². The van der Waals surface area contributed by atoms with Gasteiger partial charge in [-0.25, -0.2) is 8.42 Å². The standard InChI is InChI=1S/C22H35N3O5S/c1-21(2)18(25-16(26)14-17(25)31(21,29)30)19(27)24(3)22(12-8-5-9-13-22)20(28)23-15-10-6-4-7-11-15/h15,17-18H,4-14H2,1-3H3,(H,23,28)/t17-,18-/m0/s1. The molecule has 9 heteroatoms. The molecule has 4 rings (SSSR count). The van der Waals surface area contributed by atoms with Crippen molar-refractivity contribution < 1.29 is 22.8 Å². The van der Waals surface area contributed by atoms with Crippen molar-refractivity contribution >= 4 is 27.6 Å². The Hall–Kier alpha value is -1.64. The van der Waals surface area contributed by atoms with Crippen LogP contribution in [0, 0.1) is 0 Å². The minimum Gasteiger partial charge on any atom is -0.351 e. The van der Waals surface area contributed by atoms with Crippen LogP contribution in [0.2, 0.25) is 0 Å². The van der Waals surface area contributed by atoms with E-state index in [1.54, 1.807) is 7.05 Å². The molecule has 0 aromatic rings. The Morgan fingerprint density at radius 2 is 1.61 bits per heavy atom. The maximum absolute atomic E-state index is 13.8. The van der Waals surface area contributed by atoms with Gasteiger partial charge in [0.15, 0.2) is 9.84 Å². The average Bonchev–Trinajstić information content (AvgIpc) is 2.87. The van der Waals surface area contributed by atoms with Crippen molar-refractivity contribution in [1.29, 1.82) is 0 Å². The molecule has 0 radical (unpaired) electrons. The van der Waals surface area contributed by atoms with Gasteiger partial charge in [0.2, 0.25) is 17.7 Å². The first-order valence-corrected chi connectivity index (χ1v) is 13.2. The van der Waals surface area contributed by atoms with E-state index in [1.807, 2.05) is 0 Å². The summed E-state index contributed by atoms with van der Waals surface area (Å²) in [7, 11) is -2.04. The van der Waals surface area contributed by atoms with E-state index in [4.69, 9.17) is 0 Å². The van der Waals surface area contributed by atoms with Crippen molar-refractivity contribution in [2.75, 3.05) is 7.05 Å². The van der Waals surface area contributed by atoms with Crippen LogP contribution in [0.1, 0.15) is 84.5 Å². The number of hydrogen-bond acceptors (Lipinski definition) is 5. The molecule has 2 heterocycles. The first kappa shape index (κ1) is 22.6. The van der Waals surface area contributed by atoms with E-state index in [2.05, 4.69) is 5.32 Å². The van der Waals surface area contributed by atoms with Gasteiger partial charge in [-0.05, 0) is 39.5 Å². The Morgan fingerprint density at radius 1 is 1.03 bits per heavy atom. The van der Waals surface area contributed by atoms with E-state index >= 15 is 0 Å². The molecule has 2 aliphatic carbocycles. The molecular formula is C22H35N3O5S. The van der Waals surface area contributed by atoms with Gasteiger partial charge >= 0.3 is 0 Å². The normalized spacial score (nSPS) is 31.5. The second-order valence-corrected chi connectivity index (χ2v) is 13.0. The minimum atomic E-state index is -3.66. The molecule has 0 aromatic carbocycles. The summed E-state index contributed by atoms with van der Waals surface area (Å²) in [5, 5.41) is 2.28. The molecule has 0 bridgehead atoms. The van der Waals surface area contributed by atoms with Crippen LogP contribution >= 0.6 is 0 Å². The predicted octanol–water partition coefficient (Wildman–Crippen LogP) is 1.73. The number of nitrogens with one attached hydrogen (secondary N) is 1. The molecule has 4 aliphatic rings. The Labute approximate surface area is 185 Å². The smallest absolute Gasteiger partial charge is 0.247 e. The highest BCUT2D eigenvalue weighted by molar-refractivity contribution is 7.93. The van der Waals surface area contributed by atoms with Crippen molar-refractivity contribution in [2.45, 2.75) is 112 Å². The van der Waals surface area contributed by atoms with E-state index < -0.39 is 37.4 Å². The fourth-order valence-electron chi connectivity index (χ4n) is 6.04. The Bertz CT molecular complexity index is 872. The number of carbonyl (C=O) groups is 3. The van der Waals surface area contributed by atoms with Crippen LogP contribution in [0.5, 0.6) is 0 Å². The van der Waals surface area contributed by atoms with Gasteiger partial charge in [0.25, 0.3) is 0 Å². The number of nitrogens with zero attached hydrogens (tertiary/aromatic N) is 2. The maximum Gasteiger partial charge on any atom is 0.247 e. The lowest BCUT2D eigenvalue weighted by atomic mass is 9.78. The third kappa shape index (κ3) is 3.29. The number of carbonyl (C=O) groups excluding carboxylic acids is 3. The molecule has 2 atom stereocenters. The number of β-lactam (4-membered cyclic amide) rings is 1. The highest BCUT2D eigenvalue weighted by Crippen LogP contribution is 2.47. The number of hydrogen-bond donors (Lipinski definition) is 1. The second kappa shape index (κ2) is 7.74. The molecule has 2 saturated heterocycles. The monoisotopic (exact) mass is 453 g/mol. The average molecular weight is 454 g/mol. The number of fused-ring (bicyclic) bond motifs is 1. The van der Waals surface area contributed by atoms with Crippen molar-refractivity contribution in [2.24, 2.45) is 0 Å². The lowest BCUT2D eigenvalue weighted by Gasteiger charge is -2.47. The molecule has 0 spiro atoms. The van der Waals surface area contributed by atoms with Crippen LogP contribution in [0.3, 0.4) is 0 Å². The molecule has 4 fully saturated rings. The Morgan fingerprint density at radius 3 is 2.19 bits per heavy atom. The van der Waals surface area contributed by atoms with Crippen LogP contribution in [-0.2, 0) is 24.2 Å². The van der Waals surface area contributed by atoms with Gasteiger partial charge in [0, 0.05) is 13.1 Å². The quantitative estimate of drug-likeness (QED) is 0.653. The maximum atomic E-state index is 13.8. The molecule has 174 valence electrons. The van der Waals surface area contributed by atoms with Crippen molar-refractivity contribution in [3.63, 3.8) is 0 Å². The first-order chi connectivity index (χ1) is 14.5. The third-order valence-corrected chi connectivity index (χ3v) is 11.0. The predicted molar refractivity (Wildman–Crippen MR) is 116 cm³/mol. The first-order valence-electron chi connectivity index (χ1n) is 11.7. The zero-order valence-corrected chi connectivity index (χ0v) is 19.7. The Balaban J connectivity index is 1.62. The fraction of sp³-hybridized carbons (Fsp3) is 0.864. The number of amides is 3. The molecule has 31 heavy (non-hydrogen) atoms. The molecule has 3 amide bonds. The van der Waals surface area contributed by atoms with Crippen LogP contribution in [-0.4, -0.2) is 70.7 Å². The number of rotatable bonds is 4. The Kier molecular flexibility index (Phi) is 5.63. The van der Waals surface area contributed by atoms with E-state index in [0.29, 0.717) is 12.8 Å². The summed E-state index contributed by atoms with van der Waals surface area (Å²) < 4.78 is 24.6. The minimum absolute atomic E-state index is 0.0629. The number of likely N-dealkylation sites (N-methyl/N-ethyl adjacent to an activating group) is 1. The molecule has 1 N–H and O–H groups in total. The van der Waals surface area contributed by atoms with E-state index in [-0.39, 0.29) is 24.3 Å². The van der Waals surface area contributed by atoms with Gasteiger partial charge < -0.3 is 15.1 Å². The molecule has 0 aromatic heterocycles. The SMILES string of the molecule is CN(C(=O)[C@@H]1N2C(=O)C[C@@H]2S(=O)(=O)C1(C)C)C1(C(=O)NC2CCCCC2)CCCCC1. The molecule has 0 unspecified atom stereocenters. The lowest BCUT2D eigenvalue weighted by molar-refractivity contribution is -0.160. The fourth-order valence-corrected chi connectivity index (χ4v) is 8.17. The summed E-state index contributed by atoms with van der Waals surface area (Å²) in [4.78, 5) is 42.3. The van der Waals surface area contributed by atoms with Crippen LogP contribution < -0.4 is 5.32 Å². The summed E-state index contributed by atoms with van der Waals surface area (Å²) >= 11 is 0. The van der Waals surface area contributed by atoms with E-state index in [0.717, 1.165) is 44.9 Å². The summed E-state index contributed by atoms with van der Waals surface area (Å²) in [6.45, 7) is 3.06. The van der Waals surface area contributed by atoms with Gasteiger partial charge in [0.1, 0.15) is 17.0 Å². The summed E-state index contributed by atoms with van der Waals surface area (Å²) in [6, 6.07) is -0.955. The molecule has 2 aliphatic heterocycles. The largest absolute Gasteiger partial charge is 0.351 e. The topological polar surface area (TPSA) is 104 Å². The molecule has 2 saturated carbocycles. The van der Waals surface area contributed by atoms with Crippen molar-refractivity contribution in [3.8, 4) is 0 Å². The highest BCUT2D eigenvalue weighted by Gasteiger charge is 2.68. The van der Waals surface area contributed by atoms with Gasteiger partial charge in [-0.1, -0.05) is 38.5 Å². The lowest BCUT2D eigenvalue weighted by Crippen LogP contribution is -2.67. The second-order valence-electron chi connectivity index (χ2n) is 10.3. The zero-order chi connectivity index (χ0) is 22.6. The van der Waals surface area contributed by atoms with Crippen LogP contribution in [0.4, 0.5) is 0 Å². The molecule has 8 nitrogen and oxygen atoms in total. The van der Waals surface area contributed by atoms with Crippen molar-refractivity contribution in [1.82, 2.24) is 15.1 Å². The van der Waals surface area contributed by atoms with Gasteiger partial charge in [-0.15, -0.1) is 0 Å². The summed E-state index contributed by atoms with van der Waals surface area (Å²) in [5.74, 6) is -0.875. The molecular weight excluding hydrogens is 418 g/mol. The van der Waals surface area contributed by atoms with Crippen LogP contribution in [0.15, 0.2) is 0 Å². The van der Waals surface area contributed by atoms with Gasteiger partial charge in [0.05, 0.1) is 11.2 Å².